The predicted molar refractivity (Wildman–Crippen MR) is 75.5 cm³/mol. The quantitative estimate of drug-likeness (QED) is 0.838. The molecule has 21 heavy (non-hydrogen) atoms. The Morgan fingerprint density at radius 2 is 2.14 bits per heavy atom. The van der Waals surface area contributed by atoms with E-state index in [1.54, 1.807) is 0 Å². The van der Waals surface area contributed by atoms with Gasteiger partial charge in [0.15, 0.2) is 11.6 Å². The molecule has 2 aliphatic heterocycles. The van der Waals surface area contributed by atoms with Gasteiger partial charge in [0.25, 0.3) is 0 Å². The van der Waals surface area contributed by atoms with Crippen LogP contribution in [0.5, 0.6) is 0 Å². The Balaban J connectivity index is 1.66. The van der Waals surface area contributed by atoms with Crippen LogP contribution >= 0.6 is 0 Å². The fraction of sp³-hybridized carbons (Fsp3) is 0.400. The molecule has 1 aromatic carbocycles. The van der Waals surface area contributed by atoms with Crippen molar-refractivity contribution in [2.45, 2.75) is 19.6 Å². The molecule has 0 saturated carbocycles. The van der Waals surface area contributed by atoms with Crippen molar-refractivity contribution < 1.29 is 13.5 Å². The van der Waals surface area contributed by atoms with Crippen LogP contribution in [0.3, 0.4) is 0 Å². The fourth-order valence-corrected chi connectivity index (χ4v) is 2.49. The van der Waals surface area contributed by atoms with Gasteiger partial charge in [-0.2, -0.15) is 0 Å². The van der Waals surface area contributed by atoms with Crippen LogP contribution in [-0.2, 0) is 11.3 Å². The summed E-state index contributed by atoms with van der Waals surface area (Å²) in [6.07, 6.45) is 1.88. The normalized spacial score (nSPS) is 21.0. The zero-order valence-electron chi connectivity index (χ0n) is 12.0. The van der Waals surface area contributed by atoms with Gasteiger partial charge in [-0.25, -0.2) is 13.8 Å². The molecule has 2 heterocycles. The molecule has 1 saturated heterocycles. The topological polar surface area (TPSA) is 28.1 Å². The summed E-state index contributed by atoms with van der Waals surface area (Å²) in [5, 5.41) is 0. The van der Waals surface area contributed by atoms with Gasteiger partial charge in [-0.1, -0.05) is 6.07 Å². The van der Waals surface area contributed by atoms with Gasteiger partial charge in [0.1, 0.15) is 19.1 Å². The summed E-state index contributed by atoms with van der Waals surface area (Å²) in [5.74, 6) is -0.117. The molecular weight excluding hydrogens is 276 g/mol. The van der Waals surface area contributed by atoms with Crippen molar-refractivity contribution in [1.82, 2.24) is 9.80 Å². The van der Waals surface area contributed by atoms with Crippen molar-refractivity contribution in [3.63, 3.8) is 0 Å². The van der Waals surface area contributed by atoms with Crippen LogP contribution in [0.2, 0.25) is 0 Å². The van der Waals surface area contributed by atoms with Crippen LogP contribution in [-0.4, -0.2) is 42.0 Å². The smallest absolute Gasteiger partial charge is 0.214 e. The molecule has 0 aliphatic carbocycles. The minimum absolute atomic E-state index is 0.166. The third-order valence-corrected chi connectivity index (χ3v) is 3.85. The molecule has 0 N–H and O–H groups in total. The van der Waals surface area contributed by atoms with Gasteiger partial charge in [-0.3, -0.25) is 0 Å². The highest BCUT2D eigenvalue weighted by Gasteiger charge is 2.30. The molecule has 3 rings (SSSR count). The van der Waals surface area contributed by atoms with E-state index in [2.05, 4.69) is 21.7 Å². The van der Waals surface area contributed by atoms with Crippen LogP contribution in [0, 0.1) is 11.6 Å². The summed E-state index contributed by atoms with van der Waals surface area (Å²) >= 11 is 0. The number of benzene rings is 1. The lowest BCUT2D eigenvalue weighted by atomic mass is 10.2. The van der Waals surface area contributed by atoms with E-state index < -0.39 is 11.6 Å². The fourth-order valence-electron chi connectivity index (χ4n) is 2.49. The second-order valence-corrected chi connectivity index (χ2v) is 5.36. The maximum atomic E-state index is 13.1. The van der Waals surface area contributed by atoms with E-state index in [0.717, 1.165) is 24.5 Å². The van der Waals surface area contributed by atoms with Gasteiger partial charge in [0, 0.05) is 25.7 Å². The summed E-state index contributed by atoms with van der Waals surface area (Å²) in [7, 11) is 2.04. The highest BCUT2D eigenvalue weighted by Crippen LogP contribution is 2.24. The molecule has 0 amide bonds. The molecule has 0 radical (unpaired) electrons. The number of rotatable bonds is 2. The Morgan fingerprint density at radius 1 is 1.33 bits per heavy atom. The molecule has 0 unspecified atom stereocenters. The summed E-state index contributed by atoms with van der Waals surface area (Å²) < 4.78 is 31.6. The Bertz CT molecular complexity index is 611. The van der Waals surface area contributed by atoms with Gasteiger partial charge in [0.05, 0.1) is 0 Å². The van der Waals surface area contributed by atoms with E-state index in [1.807, 2.05) is 13.1 Å². The highest BCUT2D eigenvalue weighted by molar-refractivity contribution is 5.88. The lowest BCUT2D eigenvalue weighted by Crippen LogP contribution is -2.27. The van der Waals surface area contributed by atoms with Crippen molar-refractivity contribution in [2.75, 3.05) is 20.3 Å². The van der Waals surface area contributed by atoms with E-state index in [-0.39, 0.29) is 6.61 Å². The zero-order chi connectivity index (χ0) is 15.0. The van der Waals surface area contributed by atoms with E-state index in [0.29, 0.717) is 24.2 Å². The molecule has 0 spiro atoms. The highest BCUT2D eigenvalue weighted by atomic mass is 19.2. The van der Waals surface area contributed by atoms with E-state index >= 15 is 0 Å². The first-order chi connectivity index (χ1) is 10.0. The Labute approximate surface area is 122 Å². The summed E-state index contributed by atoms with van der Waals surface area (Å²) in [6, 6.07) is 4.19. The summed E-state index contributed by atoms with van der Waals surface area (Å²) in [5.41, 5.74) is 0.575. The number of ether oxygens (including phenoxy) is 1. The average molecular weight is 293 g/mol. The van der Waals surface area contributed by atoms with E-state index in [9.17, 15) is 8.78 Å². The minimum Gasteiger partial charge on any atom is -0.473 e. The van der Waals surface area contributed by atoms with Gasteiger partial charge in [-0.15, -0.1) is 0 Å². The number of hydrogen-bond donors (Lipinski definition) is 0. The Hall–Kier alpha value is -2.11. The predicted octanol–water partition coefficient (Wildman–Crippen LogP) is 2.33. The van der Waals surface area contributed by atoms with Gasteiger partial charge in [-0.05, 0) is 24.6 Å². The van der Waals surface area contributed by atoms with E-state index in [4.69, 9.17) is 4.74 Å². The lowest BCUT2D eigenvalue weighted by Gasteiger charge is -2.24. The van der Waals surface area contributed by atoms with Crippen molar-refractivity contribution in [3.05, 3.63) is 47.3 Å². The second-order valence-electron chi connectivity index (χ2n) is 5.36. The van der Waals surface area contributed by atoms with Gasteiger partial charge >= 0.3 is 0 Å². The molecule has 4 nitrogen and oxygen atoms in total. The number of likely N-dealkylation sites (N-methyl/N-ethyl adjacent to an activating group) is 1. The van der Waals surface area contributed by atoms with Crippen LogP contribution in [0.4, 0.5) is 8.78 Å². The molecule has 112 valence electrons. The number of halogens is 2. The Kier molecular flexibility index (Phi) is 3.53. The molecule has 1 atom stereocenters. The van der Waals surface area contributed by atoms with Crippen LogP contribution in [0.1, 0.15) is 12.5 Å². The van der Waals surface area contributed by atoms with Crippen molar-refractivity contribution in [2.24, 2.45) is 4.99 Å². The Morgan fingerprint density at radius 3 is 2.90 bits per heavy atom. The lowest BCUT2D eigenvalue weighted by molar-refractivity contribution is 0.278. The summed E-state index contributed by atoms with van der Waals surface area (Å²) in [4.78, 5) is 8.70. The standard InChI is InChI=1S/C15H17F2N3O/c1-10-7-20-9-18-14(6-15(20)19(10)2)21-8-11-3-4-12(16)13(17)5-11/h3-6,10H,7-9H2,1-2H3/t10-/m1/s1. The third-order valence-electron chi connectivity index (χ3n) is 3.85. The maximum absolute atomic E-state index is 13.1. The second kappa shape index (κ2) is 5.35. The van der Waals surface area contributed by atoms with Crippen LogP contribution < -0.4 is 0 Å². The molecule has 1 fully saturated rings. The van der Waals surface area contributed by atoms with Crippen LogP contribution in [0.25, 0.3) is 0 Å². The molecule has 2 aliphatic rings. The number of nitrogens with zero attached hydrogens (tertiary/aromatic N) is 3. The van der Waals surface area contributed by atoms with Crippen LogP contribution in [0.15, 0.2) is 35.1 Å². The molecular formula is C15H17F2N3O. The summed E-state index contributed by atoms with van der Waals surface area (Å²) in [6.45, 7) is 3.83. The monoisotopic (exact) mass is 293 g/mol. The number of fused-ring (bicyclic) bond motifs is 1. The molecule has 0 bridgehead atoms. The van der Waals surface area contributed by atoms with Crippen molar-refractivity contribution >= 4 is 5.90 Å². The van der Waals surface area contributed by atoms with Gasteiger partial charge < -0.3 is 14.5 Å². The largest absolute Gasteiger partial charge is 0.473 e. The van der Waals surface area contributed by atoms with E-state index in [1.165, 1.54) is 6.07 Å². The third kappa shape index (κ3) is 2.70. The SMILES string of the molecule is C[C@@H]1CN2CN=C(OCc3ccc(F)c(F)c3)C=C2N1C. The number of aliphatic imine (C=N–C) groups is 1. The maximum Gasteiger partial charge on any atom is 0.214 e. The molecule has 6 heteroatoms. The van der Waals surface area contributed by atoms with Crippen molar-refractivity contribution in [1.29, 1.82) is 0 Å². The molecule has 0 aromatic heterocycles. The van der Waals surface area contributed by atoms with Gasteiger partial charge in [0.2, 0.25) is 5.90 Å². The molecule has 1 aromatic rings. The first-order valence-corrected chi connectivity index (χ1v) is 6.85. The average Bonchev–Trinajstić information content (AvgIpc) is 2.75. The first kappa shape index (κ1) is 13.9. The minimum atomic E-state index is -0.865. The number of hydrogen-bond acceptors (Lipinski definition) is 4. The first-order valence-electron chi connectivity index (χ1n) is 6.85. The zero-order valence-corrected chi connectivity index (χ0v) is 12.0. The van der Waals surface area contributed by atoms with Crippen molar-refractivity contribution in [3.8, 4) is 0 Å².